The maximum atomic E-state index is 12.7. The molecule has 128 valence electrons. The minimum atomic E-state index is -4.72. The Kier molecular flexibility index (Phi) is 5.05. The van der Waals surface area contributed by atoms with Crippen LogP contribution in [0.3, 0.4) is 0 Å². The zero-order valence-electron chi connectivity index (χ0n) is 11.7. The lowest BCUT2D eigenvalue weighted by Gasteiger charge is -2.12. The van der Waals surface area contributed by atoms with Gasteiger partial charge < -0.3 is 9.47 Å². The van der Waals surface area contributed by atoms with Gasteiger partial charge in [-0.3, -0.25) is 10.1 Å². The Morgan fingerprint density at radius 2 is 1.92 bits per heavy atom. The number of nitrogens with zero attached hydrogens (tertiary/aromatic N) is 2. The van der Waals surface area contributed by atoms with Crippen LogP contribution in [0.25, 0.3) is 0 Å². The molecule has 0 saturated heterocycles. The number of rotatable bonds is 4. The molecule has 0 spiro atoms. The second kappa shape index (κ2) is 6.70. The minimum absolute atomic E-state index is 0.0164. The fraction of sp³-hybridized carbons (Fsp3) is 0.154. The molecule has 1 heterocycles. The maximum Gasteiger partial charge on any atom is 0.419 e. The molecule has 0 unspecified atom stereocenters. The number of hydrogen-bond donors (Lipinski definition) is 0. The van der Waals surface area contributed by atoms with Crippen LogP contribution in [-0.4, -0.2) is 17.0 Å². The molecule has 0 bridgehead atoms. The van der Waals surface area contributed by atoms with Crippen molar-refractivity contribution in [1.82, 2.24) is 4.98 Å². The second-order valence-electron chi connectivity index (χ2n) is 4.30. The lowest BCUT2D eigenvalue weighted by Crippen LogP contribution is -2.07. The molecular formula is C13H7Cl2F3N2O4. The van der Waals surface area contributed by atoms with E-state index in [1.54, 1.807) is 0 Å². The molecule has 0 aliphatic rings. The van der Waals surface area contributed by atoms with Gasteiger partial charge in [0.05, 0.1) is 17.6 Å². The van der Waals surface area contributed by atoms with Gasteiger partial charge in [0.2, 0.25) is 11.6 Å². The zero-order valence-corrected chi connectivity index (χ0v) is 13.2. The number of pyridine rings is 1. The lowest BCUT2D eigenvalue weighted by atomic mass is 10.2. The summed E-state index contributed by atoms with van der Waals surface area (Å²) < 4.78 is 48.2. The summed E-state index contributed by atoms with van der Waals surface area (Å²) >= 11 is 11.2. The standard InChI is InChI=1S/C13H7Cl2F3N2O4/c1-23-10-4-6(2-3-9(10)20(21)22)24-12-8(14)5-7(11(15)19-12)13(16,17)18/h2-5H,1H3. The van der Waals surface area contributed by atoms with Crippen molar-refractivity contribution >= 4 is 28.9 Å². The van der Waals surface area contributed by atoms with E-state index in [9.17, 15) is 23.3 Å². The molecule has 2 rings (SSSR count). The van der Waals surface area contributed by atoms with Crippen LogP contribution in [0.5, 0.6) is 17.4 Å². The zero-order chi connectivity index (χ0) is 18.1. The molecule has 2 aromatic rings. The number of halogens is 5. The highest BCUT2D eigenvalue weighted by molar-refractivity contribution is 6.33. The molecule has 1 aromatic heterocycles. The topological polar surface area (TPSA) is 74.5 Å². The molecule has 0 atom stereocenters. The Morgan fingerprint density at radius 1 is 1.25 bits per heavy atom. The largest absolute Gasteiger partial charge is 0.490 e. The van der Waals surface area contributed by atoms with Crippen LogP contribution in [0.1, 0.15) is 5.56 Å². The van der Waals surface area contributed by atoms with Crippen LogP contribution in [0.4, 0.5) is 18.9 Å². The molecule has 24 heavy (non-hydrogen) atoms. The highest BCUT2D eigenvalue weighted by Crippen LogP contribution is 2.40. The van der Waals surface area contributed by atoms with Crippen LogP contribution in [0, 0.1) is 10.1 Å². The Labute approximate surface area is 142 Å². The Bertz CT molecular complexity index is 800. The number of alkyl halides is 3. The summed E-state index contributed by atoms with van der Waals surface area (Å²) in [6.07, 6.45) is -4.72. The van der Waals surface area contributed by atoms with Crippen molar-refractivity contribution < 1.29 is 27.6 Å². The highest BCUT2D eigenvalue weighted by atomic mass is 35.5. The van der Waals surface area contributed by atoms with Crippen LogP contribution in [0.15, 0.2) is 24.3 Å². The number of nitro benzene ring substituents is 1. The molecule has 0 radical (unpaired) electrons. The molecule has 1 aromatic carbocycles. The third-order valence-electron chi connectivity index (χ3n) is 2.77. The van der Waals surface area contributed by atoms with Gasteiger partial charge in [-0.15, -0.1) is 0 Å². The third kappa shape index (κ3) is 3.80. The second-order valence-corrected chi connectivity index (χ2v) is 5.07. The van der Waals surface area contributed by atoms with Gasteiger partial charge in [0.1, 0.15) is 15.9 Å². The van der Waals surface area contributed by atoms with Gasteiger partial charge in [-0.2, -0.15) is 18.2 Å². The third-order valence-corrected chi connectivity index (χ3v) is 3.32. The molecule has 0 saturated carbocycles. The first-order valence-corrected chi connectivity index (χ1v) is 6.82. The number of aromatic nitrogens is 1. The van der Waals surface area contributed by atoms with Crippen molar-refractivity contribution in [2.45, 2.75) is 6.18 Å². The molecule has 6 nitrogen and oxygen atoms in total. The lowest BCUT2D eigenvalue weighted by molar-refractivity contribution is -0.385. The predicted octanol–water partition coefficient (Wildman–Crippen LogP) is 5.12. The number of benzene rings is 1. The van der Waals surface area contributed by atoms with E-state index >= 15 is 0 Å². The van der Waals surface area contributed by atoms with E-state index in [1.165, 1.54) is 19.2 Å². The first kappa shape index (κ1) is 18.1. The van der Waals surface area contributed by atoms with Gasteiger partial charge in [-0.05, 0) is 12.1 Å². The van der Waals surface area contributed by atoms with E-state index in [-0.39, 0.29) is 23.1 Å². The quantitative estimate of drug-likeness (QED) is 0.416. The van der Waals surface area contributed by atoms with Gasteiger partial charge in [-0.1, -0.05) is 23.2 Å². The van der Waals surface area contributed by atoms with E-state index in [0.717, 1.165) is 6.07 Å². The monoisotopic (exact) mass is 382 g/mol. The summed E-state index contributed by atoms with van der Waals surface area (Å²) in [7, 11) is 1.21. The van der Waals surface area contributed by atoms with Crippen molar-refractivity contribution in [3.63, 3.8) is 0 Å². The molecule has 11 heteroatoms. The summed E-state index contributed by atoms with van der Waals surface area (Å²) in [6.45, 7) is 0. The number of ether oxygens (including phenoxy) is 2. The minimum Gasteiger partial charge on any atom is -0.490 e. The van der Waals surface area contributed by atoms with Gasteiger partial charge in [0, 0.05) is 12.1 Å². The summed E-state index contributed by atoms with van der Waals surface area (Å²) in [5.41, 5.74) is -1.52. The summed E-state index contributed by atoms with van der Waals surface area (Å²) in [5, 5.41) is 9.54. The number of methoxy groups -OCH3 is 1. The van der Waals surface area contributed by atoms with Gasteiger partial charge in [-0.25, -0.2) is 0 Å². The fourth-order valence-electron chi connectivity index (χ4n) is 1.71. The summed E-state index contributed by atoms with van der Waals surface area (Å²) in [6, 6.07) is 4.06. The Balaban J connectivity index is 2.38. The van der Waals surface area contributed by atoms with Crippen molar-refractivity contribution in [3.8, 4) is 17.4 Å². The molecule has 0 aliphatic heterocycles. The van der Waals surface area contributed by atoms with Crippen molar-refractivity contribution in [2.75, 3.05) is 7.11 Å². The van der Waals surface area contributed by atoms with E-state index in [1.807, 2.05) is 0 Å². The van der Waals surface area contributed by atoms with E-state index in [4.69, 9.17) is 32.7 Å². The van der Waals surface area contributed by atoms with Crippen molar-refractivity contribution in [1.29, 1.82) is 0 Å². The molecule has 0 N–H and O–H groups in total. The Morgan fingerprint density at radius 3 is 2.46 bits per heavy atom. The fourth-order valence-corrected chi connectivity index (χ4v) is 2.13. The molecular weight excluding hydrogens is 376 g/mol. The normalized spacial score (nSPS) is 11.2. The smallest absolute Gasteiger partial charge is 0.419 e. The van der Waals surface area contributed by atoms with Gasteiger partial charge >= 0.3 is 11.9 Å². The van der Waals surface area contributed by atoms with E-state index < -0.39 is 26.8 Å². The van der Waals surface area contributed by atoms with E-state index in [2.05, 4.69) is 4.98 Å². The van der Waals surface area contributed by atoms with E-state index in [0.29, 0.717) is 6.07 Å². The van der Waals surface area contributed by atoms with Crippen LogP contribution in [-0.2, 0) is 6.18 Å². The Hall–Kier alpha value is -2.26. The van der Waals surface area contributed by atoms with Crippen LogP contribution < -0.4 is 9.47 Å². The first-order valence-electron chi connectivity index (χ1n) is 6.07. The van der Waals surface area contributed by atoms with Gasteiger partial charge in [0.15, 0.2) is 0 Å². The number of nitro groups is 1. The average molecular weight is 383 g/mol. The molecule has 0 aliphatic carbocycles. The van der Waals surface area contributed by atoms with Crippen LogP contribution >= 0.6 is 23.2 Å². The first-order chi connectivity index (χ1) is 11.1. The van der Waals surface area contributed by atoms with Crippen molar-refractivity contribution in [3.05, 3.63) is 50.1 Å². The summed E-state index contributed by atoms with van der Waals surface area (Å²) in [4.78, 5) is 13.6. The highest BCUT2D eigenvalue weighted by Gasteiger charge is 2.35. The van der Waals surface area contributed by atoms with Gasteiger partial charge in [0.25, 0.3) is 0 Å². The molecule has 0 fully saturated rings. The summed E-state index contributed by atoms with van der Waals surface area (Å²) in [5.74, 6) is -0.472. The van der Waals surface area contributed by atoms with Crippen molar-refractivity contribution in [2.24, 2.45) is 0 Å². The number of hydrogen-bond acceptors (Lipinski definition) is 5. The predicted molar refractivity (Wildman–Crippen MR) is 79.0 cm³/mol. The average Bonchev–Trinajstić information content (AvgIpc) is 2.49. The van der Waals surface area contributed by atoms with Crippen LogP contribution in [0.2, 0.25) is 10.2 Å². The molecule has 0 amide bonds. The SMILES string of the molecule is COc1cc(Oc2nc(Cl)c(C(F)(F)F)cc2Cl)ccc1[N+](=O)[O-]. The maximum absolute atomic E-state index is 12.7.